The van der Waals surface area contributed by atoms with E-state index in [9.17, 15) is 0 Å². The van der Waals surface area contributed by atoms with Crippen LogP contribution in [-0.4, -0.2) is 18.1 Å². The van der Waals surface area contributed by atoms with Crippen molar-refractivity contribution in [1.82, 2.24) is 10.3 Å². The number of anilines is 1. The minimum Gasteiger partial charge on any atom is -0.382 e. The molecule has 1 unspecified atom stereocenters. The topological polar surface area (TPSA) is 39.8 Å². The van der Waals surface area contributed by atoms with E-state index in [1.165, 1.54) is 33.4 Å². The van der Waals surface area contributed by atoms with Crippen LogP contribution < -0.4 is 10.6 Å². The van der Waals surface area contributed by atoms with Crippen molar-refractivity contribution in [3.63, 3.8) is 0 Å². The molecule has 3 nitrogen and oxygen atoms in total. The number of halogens is 1. The van der Waals surface area contributed by atoms with Crippen LogP contribution in [0.25, 0.3) is 10.9 Å². The summed E-state index contributed by atoms with van der Waals surface area (Å²) in [4.78, 5) is 3.69. The smallest absolute Gasteiger partial charge is 0.104 e. The van der Waals surface area contributed by atoms with Crippen molar-refractivity contribution < 1.29 is 0 Å². The molecule has 0 aliphatic carbocycles. The zero-order valence-electron chi connectivity index (χ0n) is 12.0. The van der Waals surface area contributed by atoms with E-state index in [1.807, 2.05) is 0 Å². The molecule has 0 radical (unpaired) electrons. The number of hydrogen-bond donors (Lipinski definition) is 3. The third-order valence-corrected chi connectivity index (χ3v) is 5.52. The third-order valence-electron chi connectivity index (χ3n) is 5.03. The molecule has 4 heteroatoms. The van der Waals surface area contributed by atoms with Gasteiger partial charge in [-0.25, -0.2) is 0 Å². The molecular formula is C18H16BrN3. The maximum atomic E-state index is 3.78. The molecule has 0 bridgehead atoms. The number of benzene rings is 2. The summed E-state index contributed by atoms with van der Waals surface area (Å²) >= 11 is 3.62. The van der Waals surface area contributed by atoms with Gasteiger partial charge in [0.25, 0.3) is 0 Å². The molecule has 0 fully saturated rings. The Bertz CT molecular complexity index is 898. The molecule has 2 aromatic carbocycles. The Labute approximate surface area is 137 Å². The van der Waals surface area contributed by atoms with Crippen LogP contribution in [0.4, 0.5) is 5.69 Å². The zero-order chi connectivity index (χ0) is 14.7. The lowest BCUT2D eigenvalue weighted by atomic mass is 9.82. The van der Waals surface area contributed by atoms with Crippen LogP contribution in [-0.2, 0) is 12.0 Å². The summed E-state index contributed by atoms with van der Waals surface area (Å²) < 4.78 is 1.12. The van der Waals surface area contributed by atoms with Crippen LogP contribution in [0.15, 0.2) is 46.9 Å². The quantitative estimate of drug-likeness (QED) is 0.576. The normalized spacial score (nSPS) is 22.6. The molecule has 3 aromatic rings. The van der Waals surface area contributed by atoms with Crippen LogP contribution in [0, 0.1) is 0 Å². The Morgan fingerprint density at radius 3 is 2.95 bits per heavy atom. The van der Waals surface area contributed by atoms with E-state index >= 15 is 0 Å². The summed E-state index contributed by atoms with van der Waals surface area (Å²) in [5.41, 5.74) is 6.43. The first kappa shape index (κ1) is 12.7. The fourth-order valence-corrected chi connectivity index (χ4v) is 4.40. The van der Waals surface area contributed by atoms with Gasteiger partial charge in [-0.1, -0.05) is 34.1 Å². The third kappa shape index (κ3) is 1.54. The van der Waals surface area contributed by atoms with Gasteiger partial charge in [-0.2, -0.15) is 0 Å². The van der Waals surface area contributed by atoms with Crippen LogP contribution >= 0.6 is 15.9 Å². The van der Waals surface area contributed by atoms with E-state index in [1.54, 1.807) is 0 Å². The van der Waals surface area contributed by atoms with Crippen LogP contribution in [0.2, 0.25) is 0 Å². The summed E-state index contributed by atoms with van der Waals surface area (Å²) in [5, 5.41) is 8.71. The van der Waals surface area contributed by atoms with Gasteiger partial charge in [0.05, 0.1) is 0 Å². The van der Waals surface area contributed by atoms with Gasteiger partial charge in [0.2, 0.25) is 0 Å². The van der Waals surface area contributed by atoms with E-state index in [-0.39, 0.29) is 5.54 Å². The van der Waals surface area contributed by atoms with Gasteiger partial charge >= 0.3 is 0 Å². The van der Waals surface area contributed by atoms with Crippen LogP contribution in [0.5, 0.6) is 0 Å². The minimum absolute atomic E-state index is 0.147. The fourth-order valence-electron chi connectivity index (χ4n) is 4.04. The first-order chi connectivity index (χ1) is 10.8. The van der Waals surface area contributed by atoms with E-state index < -0.39 is 0 Å². The number of rotatable bonds is 0. The monoisotopic (exact) mass is 353 g/mol. The molecule has 1 atom stereocenters. The van der Waals surface area contributed by atoms with E-state index in [0.717, 1.165) is 24.0 Å². The van der Waals surface area contributed by atoms with Crippen LogP contribution in [0.1, 0.15) is 16.8 Å². The number of aromatic amines is 1. The van der Waals surface area contributed by atoms with E-state index in [2.05, 4.69) is 74.0 Å². The first-order valence-electron chi connectivity index (χ1n) is 7.67. The summed E-state index contributed by atoms with van der Waals surface area (Å²) in [7, 11) is 0. The average Bonchev–Trinajstić information content (AvgIpc) is 3.09. The highest BCUT2D eigenvalue weighted by Gasteiger charge is 2.45. The molecule has 3 heterocycles. The Morgan fingerprint density at radius 1 is 1.09 bits per heavy atom. The van der Waals surface area contributed by atoms with Gasteiger partial charge in [-0.15, -0.1) is 0 Å². The van der Waals surface area contributed by atoms with Crippen molar-refractivity contribution in [1.29, 1.82) is 0 Å². The maximum absolute atomic E-state index is 3.78. The van der Waals surface area contributed by atoms with Gasteiger partial charge in [0.1, 0.15) is 5.54 Å². The molecule has 0 saturated carbocycles. The van der Waals surface area contributed by atoms with E-state index in [4.69, 9.17) is 0 Å². The summed E-state index contributed by atoms with van der Waals surface area (Å²) in [6.07, 6.45) is 1.07. The standard InChI is InChI=1S/C18H16BrN3/c19-11-5-6-16-14(9-11)18(10-20-16)17-13(7-8-21-18)12-3-1-2-4-15(12)22-17/h1-6,9,20-22H,7-8,10H2. The zero-order valence-corrected chi connectivity index (χ0v) is 13.6. The number of aromatic nitrogens is 1. The van der Waals surface area contributed by atoms with Crippen molar-refractivity contribution in [2.45, 2.75) is 12.0 Å². The SMILES string of the molecule is Brc1ccc2c(c1)C1(CN2)NCCc2c1[nH]c1ccccc21. The van der Waals surface area contributed by atoms with Gasteiger partial charge in [0, 0.05) is 45.4 Å². The molecule has 5 rings (SSSR count). The number of fused-ring (bicyclic) bond motifs is 6. The van der Waals surface area contributed by atoms with Crippen molar-refractivity contribution in [3.8, 4) is 0 Å². The molecule has 110 valence electrons. The van der Waals surface area contributed by atoms with Crippen LogP contribution in [0.3, 0.4) is 0 Å². The van der Waals surface area contributed by atoms with Crippen molar-refractivity contribution in [2.24, 2.45) is 0 Å². The van der Waals surface area contributed by atoms with Crippen molar-refractivity contribution in [2.75, 3.05) is 18.4 Å². The molecule has 1 aromatic heterocycles. The lowest BCUT2D eigenvalue weighted by Crippen LogP contribution is -2.49. The molecule has 2 aliphatic rings. The highest BCUT2D eigenvalue weighted by molar-refractivity contribution is 9.10. The molecule has 3 N–H and O–H groups in total. The Hall–Kier alpha value is -1.78. The molecule has 0 saturated heterocycles. The van der Waals surface area contributed by atoms with Gasteiger partial charge in [-0.3, -0.25) is 0 Å². The largest absolute Gasteiger partial charge is 0.382 e. The number of H-pyrrole nitrogens is 1. The molecular weight excluding hydrogens is 338 g/mol. The van der Waals surface area contributed by atoms with Crippen molar-refractivity contribution in [3.05, 3.63) is 63.8 Å². The van der Waals surface area contributed by atoms with Gasteiger partial charge < -0.3 is 15.6 Å². The molecule has 0 amide bonds. The maximum Gasteiger partial charge on any atom is 0.104 e. The Balaban J connectivity index is 1.82. The molecule has 2 aliphatic heterocycles. The summed E-state index contributed by atoms with van der Waals surface area (Å²) in [5.74, 6) is 0. The average molecular weight is 354 g/mol. The number of nitrogens with one attached hydrogen (secondary N) is 3. The lowest BCUT2D eigenvalue weighted by Gasteiger charge is -2.35. The van der Waals surface area contributed by atoms with Crippen molar-refractivity contribution >= 4 is 32.5 Å². The minimum atomic E-state index is -0.147. The first-order valence-corrected chi connectivity index (χ1v) is 8.46. The van der Waals surface area contributed by atoms with Gasteiger partial charge in [-0.05, 0) is 36.2 Å². The Morgan fingerprint density at radius 2 is 2.00 bits per heavy atom. The van der Waals surface area contributed by atoms with E-state index in [0.29, 0.717) is 0 Å². The molecule has 1 spiro atoms. The molecule has 22 heavy (non-hydrogen) atoms. The highest BCUT2D eigenvalue weighted by atomic mass is 79.9. The fraction of sp³-hybridized carbons (Fsp3) is 0.222. The highest BCUT2D eigenvalue weighted by Crippen LogP contribution is 2.45. The summed E-state index contributed by atoms with van der Waals surface area (Å²) in [6, 6.07) is 15.1. The second-order valence-electron chi connectivity index (χ2n) is 6.15. The summed E-state index contributed by atoms with van der Waals surface area (Å²) in [6.45, 7) is 1.89. The number of hydrogen-bond acceptors (Lipinski definition) is 2. The Kier molecular flexibility index (Phi) is 2.53. The predicted octanol–water partition coefficient (Wildman–Crippen LogP) is 3.75. The second-order valence-corrected chi connectivity index (χ2v) is 7.07. The number of para-hydroxylation sites is 1. The van der Waals surface area contributed by atoms with Gasteiger partial charge in [0.15, 0.2) is 0 Å². The predicted molar refractivity (Wildman–Crippen MR) is 93.4 cm³/mol. The lowest BCUT2D eigenvalue weighted by molar-refractivity contribution is 0.406. The second kappa shape index (κ2) is 4.37.